The van der Waals surface area contributed by atoms with Crippen LogP contribution in [0.25, 0.3) is 0 Å². The van der Waals surface area contributed by atoms with E-state index in [-0.39, 0.29) is 5.97 Å². The zero-order chi connectivity index (χ0) is 28.3. The van der Waals surface area contributed by atoms with E-state index in [1.807, 2.05) is 0 Å². The van der Waals surface area contributed by atoms with Crippen molar-refractivity contribution in [2.75, 3.05) is 6.61 Å². The molecule has 0 heterocycles. The topological polar surface area (TPSA) is 26.3 Å². The van der Waals surface area contributed by atoms with E-state index in [0.29, 0.717) is 13.0 Å². The molecule has 2 nitrogen and oxygen atoms in total. The zero-order valence-electron chi connectivity index (χ0n) is 26.8. The molecular formula is C37H70O2. The van der Waals surface area contributed by atoms with Crippen molar-refractivity contribution < 1.29 is 9.53 Å². The van der Waals surface area contributed by atoms with Gasteiger partial charge in [-0.2, -0.15) is 0 Å². The minimum absolute atomic E-state index is 0.0113. The predicted molar refractivity (Wildman–Crippen MR) is 174 cm³/mol. The largest absolute Gasteiger partial charge is 0.466 e. The van der Waals surface area contributed by atoms with E-state index in [2.05, 4.69) is 38.2 Å². The highest BCUT2D eigenvalue weighted by molar-refractivity contribution is 5.69. The van der Waals surface area contributed by atoms with Gasteiger partial charge in [0.1, 0.15) is 0 Å². The molecule has 0 aromatic rings. The summed E-state index contributed by atoms with van der Waals surface area (Å²) in [4.78, 5) is 11.9. The molecule has 0 aliphatic carbocycles. The van der Waals surface area contributed by atoms with Crippen LogP contribution in [0.15, 0.2) is 24.3 Å². The lowest BCUT2D eigenvalue weighted by Crippen LogP contribution is -2.05. The molecule has 0 spiro atoms. The van der Waals surface area contributed by atoms with Gasteiger partial charge < -0.3 is 4.74 Å². The van der Waals surface area contributed by atoms with Crippen LogP contribution < -0.4 is 0 Å². The number of hydrogen-bond donors (Lipinski definition) is 0. The predicted octanol–water partition coefficient (Wildman–Crippen LogP) is 13.0. The number of carbonyl (C=O) groups excluding carboxylic acids is 1. The first-order valence-corrected chi connectivity index (χ1v) is 17.8. The number of esters is 1. The van der Waals surface area contributed by atoms with Crippen molar-refractivity contribution in [1.82, 2.24) is 0 Å². The van der Waals surface area contributed by atoms with Gasteiger partial charge in [0.2, 0.25) is 0 Å². The molecule has 0 saturated heterocycles. The second-order valence-electron chi connectivity index (χ2n) is 11.9. The first kappa shape index (κ1) is 38.0. The lowest BCUT2D eigenvalue weighted by molar-refractivity contribution is -0.143. The number of unbranched alkanes of at least 4 members (excludes halogenated alkanes) is 24. The molecule has 0 N–H and O–H groups in total. The first-order chi connectivity index (χ1) is 19.3. The maximum absolute atomic E-state index is 11.9. The van der Waals surface area contributed by atoms with Gasteiger partial charge in [-0.3, -0.25) is 4.79 Å². The van der Waals surface area contributed by atoms with Crippen LogP contribution in [0, 0.1) is 0 Å². The second-order valence-corrected chi connectivity index (χ2v) is 11.9. The molecule has 0 radical (unpaired) electrons. The van der Waals surface area contributed by atoms with Crippen molar-refractivity contribution in [2.24, 2.45) is 0 Å². The minimum atomic E-state index is 0.0113. The molecule has 0 bridgehead atoms. The molecule has 0 amide bonds. The molecule has 0 aromatic carbocycles. The van der Waals surface area contributed by atoms with E-state index < -0.39 is 0 Å². The van der Waals surface area contributed by atoms with Crippen LogP contribution in [0.1, 0.15) is 200 Å². The first-order valence-electron chi connectivity index (χ1n) is 17.8. The van der Waals surface area contributed by atoms with Gasteiger partial charge in [-0.05, 0) is 44.9 Å². The molecule has 0 aliphatic rings. The standard InChI is InChI=1S/C37H70O2/c1-3-5-7-9-11-13-15-17-19-20-22-24-26-28-30-32-34-36-39-37(38)35-33-31-29-27-25-23-21-18-16-14-12-10-8-6-4-2/h12,14,18,21H,3-11,13,15-17,19-20,22-36H2,1-2H3/b14-12-,21-18-. The van der Waals surface area contributed by atoms with E-state index in [1.165, 1.54) is 154 Å². The average Bonchev–Trinajstić information content (AvgIpc) is 2.94. The molecule has 0 atom stereocenters. The maximum atomic E-state index is 11.9. The normalized spacial score (nSPS) is 11.7. The Morgan fingerprint density at radius 3 is 1.28 bits per heavy atom. The Balaban J connectivity index is 3.21. The molecule has 2 heteroatoms. The summed E-state index contributed by atoms with van der Waals surface area (Å²) in [7, 11) is 0. The van der Waals surface area contributed by atoms with Gasteiger partial charge in [0.15, 0.2) is 0 Å². The molecule has 0 saturated carbocycles. The highest BCUT2D eigenvalue weighted by Gasteiger charge is 2.02. The van der Waals surface area contributed by atoms with Gasteiger partial charge >= 0.3 is 5.97 Å². The number of carbonyl (C=O) groups is 1. The third kappa shape index (κ3) is 34.9. The summed E-state index contributed by atoms with van der Waals surface area (Å²) in [6.45, 7) is 5.17. The average molecular weight is 547 g/mol. The maximum Gasteiger partial charge on any atom is 0.305 e. The highest BCUT2D eigenvalue weighted by atomic mass is 16.5. The van der Waals surface area contributed by atoms with E-state index in [9.17, 15) is 4.79 Å². The Bertz CT molecular complexity index is 522. The fourth-order valence-corrected chi connectivity index (χ4v) is 5.17. The fourth-order valence-electron chi connectivity index (χ4n) is 5.17. The molecule has 0 aliphatic heterocycles. The van der Waals surface area contributed by atoms with Gasteiger partial charge in [-0.25, -0.2) is 0 Å². The monoisotopic (exact) mass is 547 g/mol. The van der Waals surface area contributed by atoms with Crippen LogP contribution in [-0.4, -0.2) is 12.6 Å². The summed E-state index contributed by atoms with van der Waals surface area (Å²) < 4.78 is 5.43. The quantitative estimate of drug-likeness (QED) is 0.0476. The third-order valence-electron chi connectivity index (χ3n) is 7.84. The smallest absolute Gasteiger partial charge is 0.305 e. The lowest BCUT2D eigenvalue weighted by Gasteiger charge is -2.05. The van der Waals surface area contributed by atoms with Crippen molar-refractivity contribution >= 4 is 5.97 Å². The number of ether oxygens (including phenoxy) is 1. The van der Waals surface area contributed by atoms with Gasteiger partial charge in [-0.1, -0.05) is 173 Å². The molecule has 39 heavy (non-hydrogen) atoms. The van der Waals surface area contributed by atoms with Gasteiger partial charge in [0.25, 0.3) is 0 Å². The fraction of sp³-hybridized carbons (Fsp3) is 0.865. The van der Waals surface area contributed by atoms with Crippen molar-refractivity contribution in [3.8, 4) is 0 Å². The minimum Gasteiger partial charge on any atom is -0.466 e. The molecule has 0 unspecified atom stereocenters. The van der Waals surface area contributed by atoms with E-state index in [4.69, 9.17) is 4.74 Å². The van der Waals surface area contributed by atoms with Gasteiger partial charge in [-0.15, -0.1) is 0 Å². The van der Waals surface area contributed by atoms with Crippen LogP contribution in [0.5, 0.6) is 0 Å². The lowest BCUT2D eigenvalue weighted by atomic mass is 10.0. The third-order valence-corrected chi connectivity index (χ3v) is 7.84. The van der Waals surface area contributed by atoms with Crippen LogP contribution in [0.2, 0.25) is 0 Å². The SMILES string of the molecule is CCCCC/C=C\C/C=C\CCCCCCCC(=O)OCCCCCCCCCCCCCCCCCCC. The molecule has 0 rings (SSSR count). The van der Waals surface area contributed by atoms with Crippen LogP contribution in [0.3, 0.4) is 0 Å². The Labute approximate surface area is 246 Å². The second kappa shape index (κ2) is 35.0. The number of allylic oxidation sites excluding steroid dienone is 4. The Kier molecular flexibility index (Phi) is 34.0. The van der Waals surface area contributed by atoms with Gasteiger partial charge in [0.05, 0.1) is 6.61 Å². The van der Waals surface area contributed by atoms with Crippen molar-refractivity contribution in [3.05, 3.63) is 24.3 Å². The number of hydrogen-bond acceptors (Lipinski definition) is 2. The van der Waals surface area contributed by atoms with Crippen molar-refractivity contribution in [1.29, 1.82) is 0 Å². The molecule has 0 aromatic heterocycles. The van der Waals surface area contributed by atoms with E-state index in [1.54, 1.807) is 0 Å². The highest BCUT2D eigenvalue weighted by Crippen LogP contribution is 2.14. The number of rotatable bonds is 32. The Hall–Kier alpha value is -1.05. The molecule has 0 fully saturated rings. The van der Waals surface area contributed by atoms with E-state index in [0.717, 1.165) is 25.7 Å². The van der Waals surface area contributed by atoms with E-state index >= 15 is 0 Å². The van der Waals surface area contributed by atoms with Crippen LogP contribution in [-0.2, 0) is 9.53 Å². The molecule has 230 valence electrons. The van der Waals surface area contributed by atoms with Crippen molar-refractivity contribution in [2.45, 2.75) is 200 Å². The summed E-state index contributed by atoms with van der Waals surface area (Å²) in [5.41, 5.74) is 0. The van der Waals surface area contributed by atoms with Gasteiger partial charge in [0, 0.05) is 6.42 Å². The van der Waals surface area contributed by atoms with Crippen LogP contribution in [0.4, 0.5) is 0 Å². The summed E-state index contributed by atoms with van der Waals surface area (Å²) in [5, 5.41) is 0. The summed E-state index contributed by atoms with van der Waals surface area (Å²) in [5.74, 6) is 0.0113. The summed E-state index contributed by atoms with van der Waals surface area (Å²) >= 11 is 0. The van der Waals surface area contributed by atoms with Crippen molar-refractivity contribution in [3.63, 3.8) is 0 Å². The summed E-state index contributed by atoms with van der Waals surface area (Å²) in [6.07, 6.45) is 46.6. The summed E-state index contributed by atoms with van der Waals surface area (Å²) in [6, 6.07) is 0. The zero-order valence-corrected chi connectivity index (χ0v) is 26.8. The Morgan fingerprint density at radius 2 is 0.795 bits per heavy atom. The van der Waals surface area contributed by atoms with Crippen LogP contribution >= 0.6 is 0 Å². The molecular weight excluding hydrogens is 476 g/mol. The Morgan fingerprint density at radius 1 is 0.436 bits per heavy atom.